The zero-order valence-corrected chi connectivity index (χ0v) is 23.8. The van der Waals surface area contributed by atoms with Crippen molar-refractivity contribution < 1.29 is 17.7 Å². The van der Waals surface area contributed by atoms with Gasteiger partial charge in [-0.25, -0.2) is 8.42 Å². The van der Waals surface area contributed by atoms with Crippen LogP contribution in [0, 0.1) is 0 Å². The quantitative estimate of drug-likeness (QED) is 0.327. The third kappa shape index (κ3) is 6.20. The standard InChI is InChI=1S/C30H33N5O5S/c1-41(37,38)27-11-13-33(14-12-27)26-4-2-3-22(19-26)20-35-21-24(7-10-28(35)36)29-31-30(40-32-29)23-5-8-25(9-6-23)34-15-17-39-18-16-34/h2-10,19,21,27H,11-18,20H2,1H3. The van der Waals surface area contributed by atoms with E-state index in [0.717, 1.165) is 48.8 Å². The highest BCUT2D eigenvalue weighted by Crippen LogP contribution is 2.26. The lowest BCUT2D eigenvalue weighted by Crippen LogP contribution is -2.39. The molecular weight excluding hydrogens is 542 g/mol. The molecule has 0 bridgehead atoms. The van der Waals surface area contributed by atoms with Crippen LogP contribution in [-0.2, 0) is 21.1 Å². The van der Waals surface area contributed by atoms with Crippen molar-refractivity contribution in [3.63, 3.8) is 0 Å². The number of pyridine rings is 1. The predicted molar refractivity (Wildman–Crippen MR) is 158 cm³/mol. The van der Waals surface area contributed by atoms with E-state index in [4.69, 9.17) is 9.26 Å². The molecule has 10 nitrogen and oxygen atoms in total. The Labute approximate surface area is 239 Å². The summed E-state index contributed by atoms with van der Waals surface area (Å²) in [5, 5.41) is 3.90. The Bertz CT molecular complexity index is 1670. The van der Waals surface area contributed by atoms with Crippen molar-refractivity contribution in [1.29, 1.82) is 0 Å². The summed E-state index contributed by atoms with van der Waals surface area (Å²) in [6.07, 6.45) is 4.31. The maximum atomic E-state index is 12.7. The number of anilines is 2. The minimum atomic E-state index is -3.02. The van der Waals surface area contributed by atoms with Crippen molar-refractivity contribution in [2.45, 2.75) is 24.6 Å². The summed E-state index contributed by atoms with van der Waals surface area (Å²) >= 11 is 0. The minimum Gasteiger partial charge on any atom is -0.378 e. The van der Waals surface area contributed by atoms with Crippen LogP contribution < -0.4 is 15.4 Å². The van der Waals surface area contributed by atoms with Gasteiger partial charge in [-0.1, -0.05) is 17.3 Å². The lowest BCUT2D eigenvalue weighted by Gasteiger charge is -2.33. The van der Waals surface area contributed by atoms with Gasteiger partial charge in [0.15, 0.2) is 0 Å². The number of benzene rings is 2. The number of nitrogens with zero attached hydrogens (tertiary/aromatic N) is 5. The van der Waals surface area contributed by atoms with Crippen LogP contribution in [0.1, 0.15) is 18.4 Å². The van der Waals surface area contributed by atoms with Crippen LogP contribution >= 0.6 is 0 Å². The Morgan fingerprint density at radius 2 is 1.59 bits per heavy atom. The van der Waals surface area contributed by atoms with Crippen LogP contribution in [-0.4, -0.2) is 74.0 Å². The van der Waals surface area contributed by atoms with Crippen LogP contribution in [0.2, 0.25) is 0 Å². The summed E-state index contributed by atoms with van der Waals surface area (Å²) in [5.74, 6) is 0.826. The largest absolute Gasteiger partial charge is 0.378 e. The Hall–Kier alpha value is -3.96. The Morgan fingerprint density at radius 3 is 2.32 bits per heavy atom. The van der Waals surface area contributed by atoms with Gasteiger partial charge in [-0.05, 0) is 60.9 Å². The second-order valence-corrected chi connectivity index (χ2v) is 13.0. The molecule has 0 N–H and O–H groups in total. The third-order valence-electron chi connectivity index (χ3n) is 7.83. The summed E-state index contributed by atoms with van der Waals surface area (Å²) in [4.78, 5) is 21.8. The third-order valence-corrected chi connectivity index (χ3v) is 9.52. The number of aromatic nitrogens is 3. The lowest BCUT2D eigenvalue weighted by atomic mass is 10.1. The number of hydrogen-bond donors (Lipinski definition) is 0. The Kier molecular flexibility index (Phi) is 7.63. The van der Waals surface area contributed by atoms with Gasteiger partial charge in [0.25, 0.3) is 11.4 Å². The molecule has 214 valence electrons. The van der Waals surface area contributed by atoms with Gasteiger partial charge in [0.05, 0.1) is 25.0 Å². The molecule has 2 aliphatic heterocycles. The van der Waals surface area contributed by atoms with E-state index in [1.165, 1.54) is 12.3 Å². The molecule has 6 rings (SSSR count). The van der Waals surface area contributed by atoms with Crippen molar-refractivity contribution in [2.24, 2.45) is 0 Å². The smallest absolute Gasteiger partial charge is 0.258 e. The molecule has 2 aliphatic rings. The summed E-state index contributed by atoms with van der Waals surface area (Å²) in [5.41, 5.74) is 4.51. The molecule has 11 heteroatoms. The number of hydrogen-bond acceptors (Lipinski definition) is 9. The summed E-state index contributed by atoms with van der Waals surface area (Å²) in [7, 11) is -3.02. The molecule has 2 aromatic heterocycles. The summed E-state index contributed by atoms with van der Waals surface area (Å²) < 4.78 is 36.5. The second-order valence-electron chi connectivity index (χ2n) is 10.6. The highest BCUT2D eigenvalue weighted by atomic mass is 32.2. The molecule has 0 amide bonds. The van der Waals surface area contributed by atoms with E-state index in [1.54, 1.807) is 16.8 Å². The summed E-state index contributed by atoms with van der Waals surface area (Å²) in [6, 6.07) is 19.3. The Balaban J connectivity index is 1.16. The lowest BCUT2D eigenvalue weighted by molar-refractivity contribution is 0.122. The first-order chi connectivity index (χ1) is 19.8. The van der Waals surface area contributed by atoms with Crippen LogP contribution in [0.3, 0.4) is 0 Å². The molecule has 4 aromatic rings. The molecule has 4 heterocycles. The zero-order chi connectivity index (χ0) is 28.4. The zero-order valence-electron chi connectivity index (χ0n) is 23.0. The molecule has 2 aromatic carbocycles. The maximum absolute atomic E-state index is 12.7. The fourth-order valence-electron chi connectivity index (χ4n) is 5.47. The van der Waals surface area contributed by atoms with Crippen LogP contribution in [0.25, 0.3) is 22.8 Å². The average molecular weight is 576 g/mol. The topological polar surface area (TPSA) is 111 Å². The minimum absolute atomic E-state index is 0.129. The molecule has 0 radical (unpaired) electrons. The van der Waals surface area contributed by atoms with Crippen LogP contribution in [0.15, 0.2) is 76.2 Å². The molecule has 0 atom stereocenters. The second kappa shape index (κ2) is 11.5. The number of piperidine rings is 1. The molecule has 0 saturated carbocycles. The molecule has 0 spiro atoms. The van der Waals surface area contributed by atoms with E-state index in [9.17, 15) is 13.2 Å². The van der Waals surface area contributed by atoms with E-state index in [1.807, 2.05) is 42.5 Å². The molecule has 2 saturated heterocycles. The van der Waals surface area contributed by atoms with Gasteiger partial charge in [-0.3, -0.25) is 4.79 Å². The number of rotatable bonds is 7. The number of morpholine rings is 1. The van der Waals surface area contributed by atoms with Gasteiger partial charge >= 0.3 is 0 Å². The van der Waals surface area contributed by atoms with E-state index < -0.39 is 9.84 Å². The van der Waals surface area contributed by atoms with Crippen molar-refractivity contribution in [3.05, 3.63) is 82.8 Å². The van der Waals surface area contributed by atoms with Gasteiger partial charge < -0.3 is 23.6 Å². The van der Waals surface area contributed by atoms with Gasteiger partial charge in [0.1, 0.15) is 9.84 Å². The predicted octanol–water partition coefficient (Wildman–Crippen LogP) is 3.46. The fourth-order valence-corrected chi connectivity index (χ4v) is 6.54. The van der Waals surface area contributed by atoms with E-state index >= 15 is 0 Å². The highest BCUT2D eigenvalue weighted by molar-refractivity contribution is 7.91. The SMILES string of the molecule is CS(=O)(=O)C1CCN(c2cccc(Cn3cc(-c4noc(-c5ccc(N6CCOCC6)cc5)n4)ccc3=O)c2)CC1. The highest BCUT2D eigenvalue weighted by Gasteiger charge is 2.26. The van der Waals surface area contributed by atoms with Crippen LogP contribution in [0.5, 0.6) is 0 Å². The van der Waals surface area contributed by atoms with Gasteiger partial charge in [-0.2, -0.15) is 4.98 Å². The van der Waals surface area contributed by atoms with E-state index in [-0.39, 0.29) is 10.8 Å². The molecule has 0 unspecified atom stereocenters. The van der Waals surface area contributed by atoms with Crippen molar-refractivity contribution in [3.8, 4) is 22.8 Å². The molecule has 2 fully saturated rings. The van der Waals surface area contributed by atoms with Gasteiger partial charge in [-0.15, -0.1) is 0 Å². The molecule has 41 heavy (non-hydrogen) atoms. The van der Waals surface area contributed by atoms with Crippen molar-refractivity contribution >= 4 is 21.2 Å². The Morgan fingerprint density at radius 1 is 0.878 bits per heavy atom. The van der Waals surface area contributed by atoms with Crippen molar-refractivity contribution in [2.75, 3.05) is 55.4 Å². The number of sulfone groups is 1. The van der Waals surface area contributed by atoms with Crippen molar-refractivity contribution in [1.82, 2.24) is 14.7 Å². The van der Waals surface area contributed by atoms with Crippen LogP contribution in [0.4, 0.5) is 11.4 Å². The monoisotopic (exact) mass is 575 g/mol. The first-order valence-electron chi connectivity index (χ1n) is 13.8. The van der Waals surface area contributed by atoms with E-state index in [2.05, 4.69) is 26.0 Å². The van der Waals surface area contributed by atoms with Gasteiger partial charge in [0.2, 0.25) is 5.82 Å². The maximum Gasteiger partial charge on any atom is 0.258 e. The number of ether oxygens (including phenoxy) is 1. The molecular formula is C30H33N5O5S. The van der Waals surface area contributed by atoms with E-state index in [0.29, 0.717) is 49.8 Å². The first-order valence-corrected chi connectivity index (χ1v) is 15.8. The van der Waals surface area contributed by atoms with Gasteiger partial charge in [0, 0.05) is 67.2 Å². The first kappa shape index (κ1) is 27.2. The average Bonchev–Trinajstić information content (AvgIpc) is 3.49. The normalized spacial score (nSPS) is 16.7. The fraction of sp³-hybridized carbons (Fsp3) is 0.367. The molecule has 0 aliphatic carbocycles. The summed E-state index contributed by atoms with van der Waals surface area (Å²) in [6.45, 7) is 4.96.